The van der Waals surface area contributed by atoms with Gasteiger partial charge in [-0.1, -0.05) is 89.8 Å². The summed E-state index contributed by atoms with van der Waals surface area (Å²) in [7, 11) is -4.23. The van der Waals surface area contributed by atoms with E-state index in [0.717, 1.165) is 62.7 Å². The van der Waals surface area contributed by atoms with Crippen LogP contribution in [0.5, 0.6) is 23.0 Å². The minimum absolute atomic E-state index is 0.0713. The van der Waals surface area contributed by atoms with Gasteiger partial charge in [-0.15, -0.1) is 0 Å². The van der Waals surface area contributed by atoms with Crippen molar-refractivity contribution in [3.63, 3.8) is 0 Å². The molecule has 0 saturated carbocycles. The molecule has 0 aliphatic carbocycles. The molecule has 0 spiro atoms. The molecule has 0 bridgehead atoms. The number of ketones is 2. The first-order chi connectivity index (χ1) is 31.5. The lowest BCUT2D eigenvalue weighted by molar-refractivity contribution is -0.113. The number of sulfone groups is 2. The van der Waals surface area contributed by atoms with E-state index in [-0.39, 0.29) is 55.2 Å². The average molecular weight is 943 g/mol. The van der Waals surface area contributed by atoms with Crippen LogP contribution in [0.4, 0.5) is 22.7 Å². The highest BCUT2D eigenvalue weighted by Crippen LogP contribution is 2.49. The van der Waals surface area contributed by atoms with Crippen LogP contribution in [-0.2, 0) is 29.3 Å². The molecule has 0 amide bonds. The Morgan fingerprint density at radius 1 is 0.576 bits per heavy atom. The van der Waals surface area contributed by atoms with Gasteiger partial charge in [0.1, 0.15) is 0 Å². The smallest absolute Gasteiger partial charge is 0.181 e. The molecule has 0 N–H and O–H groups in total. The Kier molecular flexibility index (Phi) is 17.7. The van der Waals surface area contributed by atoms with Crippen molar-refractivity contribution in [2.24, 2.45) is 10.8 Å². The molecule has 0 radical (unpaired) electrons. The second-order valence-corrected chi connectivity index (χ2v) is 21.2. The Labute approximate surface area is 392 Å². The van der Waals surface area contributed by atoms with Gasteiger partial charge in [0.25, 0.3) is 0 Å². The molecule has 12 nitrogen and oxygen atoms in total. The summed E-state index contributed by atoms with van der Waals surface area (Å²) in [5, 5.41) is 0. The maximum absolute atomic E-state index is 13.7. The van der Waals surface area contributed by atoms with Crippen molar-refractivity contribution in [3.8, 4) is 23.0 Å². The maximum atomic E-state index is 13.7. The summed E-state index contributed by atoms with van der Waals surface area (Å²) in [6.07, 6.45) is 12.2. The van der Waals surface area contributed by atoms with E-state index < -0.39 is 19.7 Å². The van der Waals surface area contributed by atoms with Crippen LogP contribution in [-0.4, -0.2) is 67.2 Å². The molecule has 14 heteroatoms. The topological polar surface area (TPSA) is 146 Å². The molecule has 2 aliphatic heterocycles. The fraction of sp³-hybridized carbons (Fsp3) is 0.423. The van der Waals surface area contributed by atoms with Crippen molar-refractivity contribution in [2.45, 2.75) is 103 Å². The monoisotopic (exact) mass is 942 g/mol. The molecule has 2 atom stereocenters. The maximum Gasteiger partial charge on any atom is 0.181 e. The quantitative estimate of drug-likeness (QED) is 0.0691. The number of unbranched alkanes of at least 4 members (excludes halogenated alkanes) is 2. The zero-order valence-electron chi connectivity index (χ0n) is 39.7. The molecule has 66 heavy (non-hydrogen) atoms. The van der Waals surface area contributed by atoms with Crippen molar-refractivity contribution >= 4 is 54.0 Å². The number of para-hydroxylation sites is 2. The minimum atomic E-state index is -3.63. The number of hydrogen-bond acceptors (Lipinski definition) is 12. The van der Waals surface area contributed by atoms with Gasteiger partial charge >= 0.3 is 0 Å². The van der Waals surface area contributed by atoms with Crippen molar-refractivity contribution in [1.82, 2.24) is 0 Å². The van der Waals surface area contributed by atoms with Gasteiger partial charge in [0.05, 0.1) is 59.4 Å². The number of methoxy groups -OCH3 is 2. The highest BCUT2D eigenvalue weighted by molar-refractivity contribution is 7.92. The van der Waals surface area contributed by atoms with Gasteiger partial charge < -0.3 is 28.7 Å². The molecular weight excluding hydrogens is 877 g/mol. The number of carbonyl (C=O) groups excluding carboxylic acids is 2. The van der Waals surface area contributed by atoms with E-state index in [1.165, 1.54) is 64.9 Å². The zero-order valence-corrected chi connectivity index (χ0v) is 41.3. The van der Waals surface area contributed by atoms with Gasteiger partial charge in [-0.3, -0.25) is 9.59 Å². The Balaban J connectivity index is 0.000000247. The van der Waals surface area contributed by atoms with Crippen molar-refractivity contribution < 1.29 is 45.4 Å². The number of rotatable bonds is 18. The van der Waals surface area contributed by atoms with Crippen molar-refractivity contribution in [1.29, 1.82) is 0 Å². The number of hydrogen-bond donors (Lipinski definition) is 0. The summed E-state index contributed by atoms with van der Waals surface area (Å²) in [6.45, 7) is 12.4. The molecule has 0 aromatic heterocycles. The van der Waals surface area contributed by atoms with Gasteiger partial charge in [-0.05, 0) is 63.8 Å². The van der Waals surface area contributed by atoms with Crippen LogP contribution in [0.3, 0.4) is 0 Å². The van der Waals surface area contributed by atoms with Crippen LogP contribution >= 0.6 is 0 Å². The molecule has 6 rings (SSSR count). The lowest BCUT2D eigenvalue weighted by atomic mass is 9.81. The number of benzene rings is 4. The number of anilines is 4. The third kappa shape index (κ3) is 12.4. The van der Waals surface area contributed by atoms with E-state index in [9.17, 15) is 26.4 Å². The van der Waals surface area contributed by atoms with Crippen molar-refractivity contribution in [3.05, 3.63) is 110 Å². The zero-order chi connectivity index (χ0) is 48.1. The van der Waals surface area contributed by atoms with Crippen LogP contribution in [0, 0.1) is 10.8 Å². The van der Waals surface area contributed by atoms with E-state index in [2.05, 4.69) is 37.5 Å². The predicted octanol–water partition coefficient (Wildman–Crippen LogP) is 11.4. The average Bonchev–Trinajstić information content (AvgIpc) is 3.47. The first-order valence-electron chi connectivity index (χ1n) is 22.7. The molecule has 4 aromatic carbocycles. The third-order valence-electron chi connectivity index (χ3n) is 12.5. The summed E-state index contributed by atoms with van der Waals surface area (Å²) >= 11 is 0. The van der Waals surface area contributed by atoms with Crippen molar-refractivity contribution in [2.75, 3.05) is 48.6 Å². The summed E-state index contributed by atoms with van der Waals surface area (Å²) < 4.78 is 77.3. The lowest BCUT2D eigenvalue weighted by Gasteiger charge is -2.36. The molecule has 2 aliphatic rings. The number of fused-ring (bicyclic) bond motifs is 2. The number of carbonyl (C=O) groups is 2. The molecule has 2 heterocycles. The van der Waals surface area contributed by atoms with Gasteiger partial charge in [-0.25, -0.2) is 16.8 Å². The fourth-order valence-electron chi connectivity index (χ4n) is 8.65. The Morgan fingerprint density at radius 3 is 1.24 bits per heavy atom. The van der Waals surface area contributed by atoms with E-state index in [1.54, 1.807) is 12.1 Å². The van der Waals surface area contributed by atoms with E-state index in [4.69, 9.17) is 18.9 Å². The number of nitrogens with zero attached hydrogens (tertiary/aromatic N) is 2. The summed E-state index contributed by atoms with van der Waals surface area (Å²) in [5.74, 6) is 1.10. The van der Waals surface area contributed by atoms with Crippen LogP contribution in [0.25, 0.3) is 0 Å². The number of allylic oxidation sites excluding steroid dienone is 2. The first-order valence-corrected chi connectivity index (χ1v) is 26.0. The SMILES string of the molecule is CCCCC1(CC)CN(c2ccccc2)c2cc(OC)c(O/C=C/C(C)=O)cc2S(=O)(=O)C1.CCCCC1(CC)CN(c2ccccc2)c2cc(OC)c(O/C=C\C(C)=O)cc2S(=O)(=O)C1. The highest BCUT2D eigenvalue weighted by Gasteiger charge is 2.43. The van der Waals surface area contributed by atoms with Gasteiger partial charge in [-0.2, -0.15) is 0 Å². The third-order valence-corrected chi connectivity index (χ3v) is 16.5. The molecule has 2 unspecified atom stereocenters. The largest absolute Gasteiger partial charge is 0.493 e. The van der Waals surface area contributed by atoms with Gasteiger partial charge in [0, 0.05) is 71.7 Å². The molecule has 356 valence electrons. The molecule has 4 aromatic rings. The summed E-state index contributed by atoms with van der Waals surface area (Å²) in [4.78, 5) is 27.1. The van der Waals surface area contributed by atoms with Gasteiger partial charge in [0.2, 0.25) is 0 Å². The summed E-state index contributed by atoms with van der Waals surface area (Å²) in [6, 6.07) is 26.2. The Hall–Kier alpha value is -5.60. The molecule has 0 fully saturated rings. The van der Waals surface area contributed by atoms with Crippen LogP contribution in [0.15, 0.2) is 119 Å². The fourth-order valence-corrected chi connectivity index (χ4v) is 13.0. The Morgan fingerprint density at radius 2 is 0.939 bits per heavy atom. The second-order valence-electron chi connectivity index (χ2n) is 17.3. The van der Waals surface area contributed by atoms with Gasteiger partial charge in [0.15, 0.2) is 54.2 Å². The predicted molar refractivity (Wildman–Crippen MR) is 262 cm³/mol. The molecule has 0 saturated heterocycles. The van der Waals surface area contributed by atoms with E-state index in [0.29, 0.717) is 36.0 Å². The highest BCUT2D eigenvalue weighted by atomic mass is 32.2. The normalized spacial score (nSPS) is 19.7. The lowest BCUT2D eigenvalue weighted by Crippen LogP contribution is -2.37. The second kappa shape index (κ2) is 22.7. The van der Waals surface area contributed by atoms with E-state index >= 15 is 0 Å². The van der Waals surface area contributed by atoms with E-state index in [1.807, 2.05) is 60.7 Å². The van der Waals surface area contributed by atoms with Crippen LogP contribution in [0.1, 0.15) is 92.9 Å². The Bertz CT molecular complexity index is 2400. The van der Waals surface area contributed by atoms with Crippen LogP contribution in [0.2, 0.25) is 0 Å². The molecular formula is C52H66N2O10S2. The number of ether oxygens (including phenoxy) is 4. The van der Waals surface area contributed by atoms with Crippen LogP contribution < -0.4 is 28.7 Å². The first kappa shape index (κ1) is 51.4. The summed E-state index contributed by atoms with van der Waals surface area (Å²) in [5.41, 5.74) is 2.24. The minimum Gasteiger partial charge on any atom is -0.493 e. The standard InChI is InChI=1S/2C26H33NO5S/c2*1-5-7-14-26(6-2)18-27(21-11-9-8-10-12-21)22-16-23(31-4)24(32-15-13-20(3)28)17-25(22)33(29,30)19-26/h2*8-13,15-17H,5-7,14,18-19H2,1-4H3/b15-13+;15-13-.